The lowest BCUT2D eigenvalue weighted by molar-refractivity contribution is -0.124. The molecule has 9 nitrogen and oxygen atoms in total. The third-order valence-electron chi connectivity index (χ3n) is 7.98. The van der Waals surface area contributed by atoms with Gasteiger partial charge in [0.1, 0.15) is 11.8 Å². The minimum absolute atomic E-state index is 0.0119. The number of nitrogens with two attached hydrogens (primary N) is 1. The average Bonchev–Trinajstić information content (AvgIpc) is 3.22. The number of likely N-dealkylation sites (tertiary alicyclic amines) is 1. The summed E-state index contributed by atoms with van der Waals surface area (Å²) in [4.78, 5) is 44.0. The highest BCUT2D eigenvalue weighted by Crippen LogP contribution is 2.28. The number of rotatable bonds is 15. The van der Waals surface area contributed by atoms with Crippen LogP contribution in [0.25, 0.3) is 0 Å². The molecule has 2 aromatic carbocycles. The van der Waals surface area contributed by atoms with Crippen molar-refractivity contribution >= 4 is 46.4 Å². The van der Waals surface area contributed by atoms with Crippen molar-refractivity contribution in [2.75, 3.05) is 43.0 Å². The molecule has 0 aliphatic carbocycles. The van der Waals surface area contributed by atoms with Gasteiger partial charge in [0.15, 0.2) is 5.11 Å². The Hall–Kier alpha value is -3.50. The maximum absolute atomic E-state index is 13.6. The minimum Gasteiger partial charge on any atom is -0.494 e. The van der Waals surface area contributed by atoms with Crippen molar-refractivity contribution in [2.45, 2.75) is 64.3 Å². The first-order chi connectivity index (χ1) is 20.4. The van der Waals surface area contributed by atoms with Crippen LogP contribution in [0.4, 0.5) is 11.4 Å². The number of hydrogen-bond acceptors (Lipinski definition) is 6. The third kappa shape index (κ3) is 8.51. The minimum atomic E-state index is -0.691. The Kier molecular flexibility index (Phi) is 11.7. The fourth-order valence-corrected chi connectivity index (χ4v) is 5.96. The SMILES string of the molecule is CCCCCCOc1ccc(NC(=O)C[C@@H]2C(=O)N(c3ccccc3)C(=S)N2CCCN2CCC(C(N)=O)CC2)cc1. The van der Waals surface area contributed by atoms with Gasteiger partial charge in [-0.05, 0) is 93.9 Å². The Morgan fingerprint density at radius 1 is 0.976 bits per heavy atom. The van der Waals surface area contributed by atoms with Crippen molar-refractivity contribution in [3.05, 3.63) is 54.6 Å². The maximum atomic E-state index is 13.6. The lowest BCUT2D eigenvalue weighted by Crippen LogP contribution is -2.41. The Balaban J connectivity index is 1.35. The Labute approximate surface area is 254 Å². The Morgan fingerprint density at radius 3 is 2.36 bits per heavy atom. The van der Waals surface area contributed by atoms with Crippen molar-refractivity contribution in [2.24, 2.45) is 11.7 Å². The monoisotopic (exact) mass is 593 g/mol. The molecular formula is C32H43N5O4S. The second-order valence-corrected chi connectivity index (χ2v) is 11.4. The molecular weight excluding hydrogens is 550 g/mol. The van der Waals surface area contributed by atoms with Gasteiger partial charge in [-0.15, -0.1) is 0 Å². The molecule has 2 aliphatic heterocycles. The summed E-state index contributed by atoms with van der Waals surface area (Å²) in [6.45, 7) is 5.86. The maximum Gasteiger partial charge on any atom is 0.256 e. The molecule has 1 atom stereocenters. The van der Waals surface area contributed by atoms with E-state index in [0.29, 0.717) is 29.6 Å². The lowest BCUT2D eigenvalue weighted by Gasteiger charge is -2.31. The Morgan fingerprint density at radius 2 is 1.69 bits per heavy atom. The van der Waals surface area contributed by atoms with E-state index >= 15 is 0 Å². The number of amides is 3. The zero-order valence-electron chi connectivity index (χ0n) is 24.5. The predicted octanol–water partition coefficient (Wildman–Crippen LogP) is 4.56. The van der Waals surface area contributed by atoms with Gasteiger partial charge in [0.2, 0.25) is 11.8 Å². The van der Waals surface area contributed by atoms with Gasteiger partial charge in [-0.1, -0.05) is 44.4 Å². The van der Waals surface area contributed by atoms with Gasteiger partial charge in [0.25, 0.3) is 5.91 Å². The molecule has 0 saturated carbocycles. The first-order valence-electron chi connectivity index (χ1n) is 15.1. The molecule has 2 saturated heterocycles. The molecule has 2 aromatic rings. The number of thiocarbonyl (C=S) groups is 1. The standard InChI is InChI=1S/C32H43N5O4S/c1-2-3-4-8-22-41-27-14-12-25(13-15-27)34-29(38)23-28-31(40)37(26-10-6-5-7-11-26)32(42)36(28)19-9-18-35-20-16-24(17-21-35)30(33)39/h5-7,10-15,24,28H,2-4,8-9,16-23H2,1H3,(H2,33,39)(H,34,38)/t28-/m1/s1. The molecule has 0 radical (unpaired) electrons. The summed E-state index contributed by atoms with van der Waals surface area (Å²) >= 11 is 5.79. The van der Waals surface area contributed by atoms with Gasteiger partial charge in [-0.25, -0.2) is 0 Å². The fraction of sp³-hybridized carbons (Fsp3) is 0.500. The van der Waals surface area contributed by atoms with Crippen LogP contribution in [-0.2, 0) is 14.4 Å². The number of piperidine rings is 1. The number of hydrogen-bond donors (Lipinski definition) is 2. The van der Waals surface area contributed by atoms with Crippen LogP contribution in [0.1, 0.15) is 58.3 Å². The topological polar surface area (TPSA) is 108 Å². The second kappa shape index (κ2) is 15.7. The highest BCUT2D eigenvalue weighted by molar-refractivity contribution is 7.80. The number of ether oxygens (including phenoxy) is 1. The van der Waals surface area contributed by atoms with E-state index in [1.807, 2.05) is 59.5 Å². The quantitative estimate of drug-likeness (QED) is 0.230. The van der Waals surface area contributed by atoms with Crippen molar-refractivity contribution in [3.8, 4) is 5.75 Å². The van der Waals surface area contributed by atoms with E-state index in [0.717, 1.165) is 57.5 Å². The number of nitrogens with zero attached hydrogens (tertiary/aromatic N) is 3. The molecule has 0 bridgehead atoms. The molecule has 0 spiro atoms. The summed E-state index contributed by atoms with van der Waals surface area (Å²) in [5.74, 6) is 0.0454. The molecule has 10 heteroatoms. The highest BCUT2D eigenvalue weighted by atomic mass is 32.1. The third-order valence-corrected chi connectivity index (χ3v) is 8.40. The largest absolute Gasteiger partial charge is 0.494 e. The molecule has 0 aromatic heterocycles. The second-order valence-electron chi connectivity index (χ2n) is 11.1. The van der Waals surface area contributed by atoms with Crippen LogP contribution in [0, 0.1) is 5.92 Å². The summed E-state index contributed by atoms with van der Waals surface area (Å²) in [7, 11) is 0. The molecule has 3 N–H and O–H groups in total. The highest BCUT2D eigenvalue weighted by Gasteiger charge is 2.43. The van der Waals surface area contributed by atoms with E-state index in [2.05, 4.69) is 17.1 Å². The van der Waals surface area contributed by atoms with Crippen LogP contribution in [0.3, 0.4) is 0 Å². The predicted molar refractivity (Wildman–Crippen MR) is 169 cm³/mol. The molecule has 2 fully saturated rings. The van der Waals surface area contributed by atoms with Gasteiger partial charge < -0.3 is 25.6 Å². The van der Waals surface area contributed by atoms with Crippen molar-refractivity contribution in [1.82, 2.24) is 9.80 Å². The molecule has 2 aliphatic rings. The molecule has 42 heavy (non-hydrogen) atoms. The van der Waals surface area contributed by atoms with Gasteiger partial charge in [-0.2, -0.15) is 0 Å². The smallest absolute Gasteiger partial charge is 0.256 e. The number of para-hydroxylation sites is 1. The number of benzene rings is 2. The van der Waals surface area contributed by atoms with Crippen LogP contribution >= 0.6 is 12.2 Å². The van der Waals surface area contributed by atoms with E-state index in [1.54, 1.807) is 0 Å². The van der Waals surface area contributed by atoms with Crippen LogP contribution in [0.5, 0.6) is 5.75 Å². The van der Waals surface area contributed by atoms with Crippen molar-refractivity contribution in [1.29, 1.82) is 0 Å². The van der Waals surface area contributed by atoms with E-state index in [9.17, 15) is 14.4 Å². The molecule has 3 amide bonds. The normalized spacial score (nSPS) is 18.0. The van der Waals surface area contributed by atoms with Crippen LogP contribution in [-0.4, -0.2) is 71.5 Å². The fourth-order valence-electron chi connectivity index (χ4n) is 5.55. The zero-order chi connectivity index (χ0) is 29.9. The first kappa shape index (κ1) is 31.4. The molecule has 0 unspecified atom stereocenters. The summed E-state index contributed by atoms with van der Waals surface area (Å²) in [5, 5.41) is 3.34. The number of carbonyl (C=O) groups excluding carboxylic acids is 3. The summed E-state index contributed by atoms with van der Waals surface area (Å²) in [6.07, 6.45) is 6.88. The van der Waals surface area contributed by atoms with Crippen LogP contribution in [0.15, 0.2) is 54.6 Å². The van der Waals surface area contributed by atoms with E-state index in [-0.39, 0.29) is 30.1 Å². The van der Waals surface area contributed by atoms with Gasteiger partial charge >= 0.3 is 0 Å². The van der Waals surface area contributed by atoms with E-state index in [4.69, 9.17) is 22.7 Å². The van der Waals surface area contributed by atoms with Gasteiger partial charge in [0, 0.05) is 18.2 Å². The van der Waals surface area contributed by atoms with E-state index in [1.165, 1.54) is 17.7 Å². The number of nitrogens with one attached hydrogen (secondary N) is 1. The molecule has 2 heterocycles. The molecule has 226 valence electrons. The van der Waals surface area contributed by atoms with Crippen molar-refractivity contribution < 1.29 is 19.1 Å². The first-order valence-corrected chi connectivity index (χ1v) is 15.5. The molecule has 4 rings (SSSR count). The van der Waals surface area contributed by atoms with Gasteiger partial charge in [0.05, 0.1) is 18.7 Å². The Bertz CT molecular complexity index is 1200. The number of anilines is 2. The van der Waals surface area contributed by atoms with Crippen molar-refractivity contribution in [3.63, 3.8) is 0 Å². The van der Waals surface area contributed by atoms with Crippen LogP contribution < -0.4 is 20.7 Å². The number of primary amides is 1. The zero-order valence-corrected chi connectivity index (χ0v) is 25.3. The summed E-state index contributed by atoms with van der Waals surface area (Å²) in [5.41, 5.74) is 6.82. The summed E-state index contributed by atoms with van der Waals surface area (Å²) < 4.78 is 5.80. The average molecular weight is 594 g/mol. The van der Waals surface area contributed by atoms with Crippen LogP contribution in [0.2, 0.25) is 0 Å². The number of unbranched alkanes of at least 4 members (excludes halogenated alkanes) is 3. The summed E-state index contributed by atoms with van der Waals surface area (Å²) in [6, 6.07) is 16.0. The van der Waals surface area contributed by atoms with Gasteiger partial charge in [-0.3, -0.25) is 19.3 Å². The lowest BCUT2D eigenvalue weighted by atomic mass is 9.96. The van der Waals surface area contributed by atoms with E-state index < -0.39 is 6.04 Å². The number of carbonyl (C=O) groups is 3.